The first-order chi connectivity index (χ1) is 11.9. The largest absolute Gasteiger partial charge is 0.332 e. The third-order valence-corrected chi connectivity index (χ3v) is 4.90. The lowest BCUT2D eigenvalue weighted by Crippen LogP contribution is -2.56. The van der Waals surface area contributed by atoms with Gasteiger partial charge in [0.05, 0.1) is 5.69 Å². The summed E-state index contributed by atoms with van der Waals surface area (Å²) in [5, 5.41) is 2.98. The van der Waals surface area contributed by atoms with Gasteiger partial charge < -0.3 is 9.80 Å². The molecule has 0 aliphatic carbocycles. The molecule has 1 amide bonds. The maximum atomic E-state index is 13.0. The lowest BCUT2D eigenvalue weighted by molar-refractivity contribution is 0.0397. The number of carbonyl (C=O) groups is 1. The number of hydrogen-bond donors (Lipinski definition) is 1. The fourth-order valence-electron chi connectivity index (χ4n) is 3.32. The van der Waals surface area contributed by atoms with Gasteiger partial charge in [-0.1, -0.05) is 31.5 Å². The van der Waals surface area contributed by atoms with Gasteiger partial charge in [-0.05, 0) is 32.0 Å². The van der Waals surface area contributed by atoms with Crippen molar-refractivity contribution in [2.75, 3.05) is 26.7 Å². The molecule has 1 saturated heterocycles. The number of aromatic nitrogens is 2. The Morgan fingerprint density at radius 2 is 1.88 bits per heavy atom. The molecule has 1 fully saturated rings. The van der Waals surface area contributed by atoms with Gasteiger partial charge in [0.2, 0.25) is 0 Å². The van der Waals surface area contributed by atoms with Gasteiger partial charge >= 0.3 is 0 Å². The molecule has 134 valence electrons. The Morgan fingerprint density at radius 1 is 1.20 bits per heavy atom. The fourth-order valence-corrected chi connectivity index (χ4v) is 3.32. The summed E-state index contributed by atoms with van der Waals surface area (Å²) in [6, 6.07) is 9.18. The van der Waals surface area contributed by atoms with Gasteiger partial charge in [-0.3, -0.25) is 14.7 Å². The lowest BCUT2D eigenvalue weighted by atomic mass is 9.99. The number of rotatable bonds is 3. The van der Waals surface area contributed by atoms with E-state index in [2.05, 4.69) is 30.9 Å². The Kier molecular flexibility index (Phi) is 4.81. The minimum absolute atomic E-state index is 0.102. The minimum atomic E-state index is -0.220. The predicted octanol–water partition coefficient (Wildman–Crippen LogP) is 1.89. The first kappa shape index (κ1) is 17.5. The topological polar surface area (TPSA) is 61.3 Å². The van der Waals surface area contributed by atoms with Crippen molar-refractivity contribution in [3.05, 3.63) is 51.9 Å². The summed E-state index contributed by atoms with van der Waals surface area (Å²) in [6.45, 7) is 8.63. The van der Waals surface area contributed by atoms with E-state index in [1.54, 1.807) is 0 Å². The Labute approximate surface area is 148 Å². The lowest BCUT2D eigenvalue weighted by Gasteiger charge is -2.42. The number of amides is 1. The van der Waals surface area contributed by atoms with Crippen LogP contribution < -0.4 is 5.56 Å². The average Bonchev–Trinajstić information content (AvgIpc) is 2.96. The number of nitrogens with zero attached hydrogens (tertiary/aromatic N) is 3. The monoisotopic (exact) mass is 342 g/mol. The van der Waals surface area contributed by atoms with Crippen LogP contribution in [0.15, 0.2) is 35.1 Å². The Morgan fingerprint density at radius 3 is 2.52 bits per heavy atom. The highest BCUT2D eigenvalue weighted by atomic mass is 16.2. The van der Waals surface area contributed by atoms with Gasteiger partial charge in [0.25, 0.3) is 11.5 Å². The van der Waals surface area contributed by atoms with Crippen LogP contribution in [-0.4, -0.2) is 58.2 Å². The Balaban J connectivity index is 1.89. The first-order valence-electron chi connectivity index (χ1n) is 8.75. The SMILES string of the molecule is Cc1ccc(-n2[nH]c(C(=O)N3CCN(C)C[C@@H]3C(C)C)cc2=O)cc1. The number of aromatic amines is 1. The van der Waals surface area contributed by atoms with Gasteiger partial charge in [-0.25, -0.2) is 4.68 Å². The van der Waals surface area contributed by atoms with Gasteiger partial charge in [0.1, 0.15) is 5.69 Å². The van der Waals surface area contributed by atoms with Crippen LogP contribution in [0.3, 0.4) is 0 Å². The molecule has 1 aliphatic rings. The number of hydrogen-bond acceptors (Lipinski definition) is 3. The zero-order chi connectivity index (χ0) is 18.1. The summed E-state index contributed by atoms with van der Waals surface area (Å²) in [4.78, 5) is 29.5. The van der Waals surface area contributed by atoms with Crippen LogP contribution in [0.4, 0.5) is 0 Å². The van der Waals surface area contributed by atoms with Crippen LogP contribution in [0.2, 0.25) is 0 Å². The molecule has 6 nitrogen and oxygen atoms in total. The molecule has 0 saturated carbocycles. The zero-order valence-corrected chi connectivity index (χ0v) is 15.3. The van der Waals surface area contributed by atoms with E-state index < -0.39 is 0 Å². The molecule has 1 aliphatic heterocycles. The first-order valence-corrected chi connectivity index (χ1v) is 8.75. The third-order valence-electron chi connectivity index (χ3n) is 4.90. The molecule has 1 aromatic heterocycles. The molecular weight excluding hydrogens is 316 g/mol. The van der Waals surface area contributed by atoms with E-state index in [4.69, 9.17) is 0 Å². The van der Waals surface area contributed by atoms with Crippen molar-refractivity contribution in [1.82, 2.24) is 19.6 Å². The minimum Gasteiger partial charge on any atom is -0.332 e. The highest BCUT2D eigenvalue weighted by molar-refractivity contribution is 5.92. The van der Waals surface area contributed by atoms with E-state index >= 15 is 0 Å². The maximum absolute atomic E-state index is 13.0. The molecule has 0 bridgehead atoms. The van der Waals surface area contributed by atoms with Crippen molar-refractivity contribution in [3.63, 3.8) is 0 Å². The summed E-state index contributed by atoms with van der Waals surface area (Å²) in [5.41, 5.74) is 1.98. The van der Waals surface area contributed by atoms with Crippen molar-refractivity contribution in [3.8, 4) is 5.69 Å². The molecule has 0 spiro atoms. The third kappa shape index (κ3) is 3.54. The van der Waals surface area contributed by atoms with Crippen LogP contribution >= 0.6 is 0 Å². The van der Waals surface area contributed by atoms with Gasteiger partial charge in [0.15, 0.2) is 0 Å². The number of carbonyl (C=O) groups excluding carboxylic acids is 1. The van der Waals surface area contributed by atoms with Crippen LogP contribution in [0, 0.1) is 12.8 Å². The molecule has 3 rings (SSSR count). The molecule has 0 radical (unpaired) electrons. The number of aryl methyl sites for hydroxylation is 1. The average molecular weight is 342 g/mol. The molecule has 2 aromatic rings. The van der Waals surface area contributed by atoms with E-state index in [9.17, 15) is 9.59 Å². The molecule has 1 N–H and O–H groups in total. The maximum Gasteiger partial charge on any atom is 0.272 e. The molecule has 1 atom stereocenters. The summed E-state index contributed by atoms with van der Waals surface area (Å²) in [5.74, 6) is 0.257. The van der Waals surface area contributed by atoms with E-state index in [-0.39, 0.29) is 17.5 Å². The normalized spacial score (nSPS) is 18.8. The standard InChI is InChI=1S/C19H26N4O2/c1-13(2)17-12-21(4)9-10-22(17)19(25)16-11-18(24)23(20-16)15-7-5-14(3)6-8-15/h5-8,11,13,17,20H,9-10,12H2,1-4H3/t17-/m1/s1. The Bertz CT molecular complexity index is 804. The van der Waals surface area contributed by atoms with Crippen molar-refractivity contribution < 1.29 is 4.79 Å². The summed E-state index contributed by atoms with van der Waals surface area (Å²) < 4.78 is 1.42. The van der Waals surface area contributed by atoms with E-state index in [0.717, 1.165) is 24.3 Å². The summed E-state index contributed by atoms with van der Waals surface area (Å²) >= 11 is 0. The molecule has 6 heteroatoms. The Hall–Kier alpha value is -2.34. The van der Waals surface area contributed by atoms with E-state index in [1.807, 2.05) is 36.1 Å². The van der Waals surface area contributed by atoms with Gasteiger partial charge in [-0.15, -0.1) is 0 Å². The summed E-state index contributed by atoms with van der Waals surface area (Å²) in [6.07, 6.45) is 0. The summed E-state index contributed by atoms with van der Waals surface area (Å²) in [7, 11) is 2.08. The van der Waals surface area contributed by atoms with Crippen LogP contribution in [0.1, 0.15) is 29.9 Å². The van der Waals surface area contributed by atoms with E-state index in [0.29, 0.717) is 18.2 Å². The molecular formula is C19H26N4O2. The highest BCUT2D eigenvalue weighted by Gasteiger charge is 2.32. The number of nitrogens with one attached hydrogen (secondary N) is 1. The quantitative estimate of drug-likeness (QED) is 0.926. The van der Waals surface area contributed by atoms with Crippen molar-refractivity contribution in [1.29, 1.82) is 0 Å². The number of H-pyrrole nitrogens is 1. The van der Waals surface area contributed by atoms with Crippen molar-refractivity contribution in [2.45, 2.75) is 26.8 Å². The van der Waals surface area contributed by atoms with Gasteiger partial charge in [-0.2, -0.15) is 0 Å². The van der Waals surface area contributed by atoms with Crippen LogP contribution in [-0.2, 0) is 0 Å². The van der Waals surface area contributed by atoms with Gasteiger partial charge in [0, 0.05) is 31.7 Å². The number of likely N-dealkylation sites (N-methyl/N-ethyl adjacent to an activating group) is 1. The van der Waals surface area contributed by atoms with Crippen molar-refractivity contribution in [2.24, 2.45) is 5.92 Å². The predicted molar refractivity (Wildman–Crippen MR) is 98.3 cm³/mol. The van der Waals surface area contributed by atoms with E-state index in [1.165, 1.54) is 10.7 Å². The molecule has 2 heterocycles. The van der Waals surface area contributed by atoms with Crippen molar-refractivity contribution >= 4 is 5.91 Å². The zero-order valence-electron chi connectivity index (χ0n) is 15.3. The highest BCUT2D eigenvalue weighted by Crippen LogP contribution is 2.18. The second kappa shape index (κ2) is 6.88. The molecule has 1 aromatic carbocycles. The second-order valence-electron chi connectivity index (χ2n) is 7.25. The molecule has 0 unspecified atom stereocenters. The number of benzene rings is 1. The molecule has 25 heavy (non-hydrogen) atoms. The fraction of sp³-hybridized carbons (Fsp3) is 0.474. The smallest absolute Gasteiger partial charge is 0.272 e. The van der Waals surface area contributed by atoms with Crippen LogP contribution in [0.25, 0.3) is 5.69 Å². The number of piperazine rings is 1. The van der Waals surface area contributed by atoms with Crippen LogP contribution in [0.5, 0.6) is 0 Å². The second-order valence-corrected chi connectivity index (χ2v) is 7.25.